The lowest BCUT2D eigenvalue weighted by molar-refractivity contribution is 0.102. The number of halogens is 2. The maximum atomic E-state index is 12.8. The number of benzene rings is 3. The Bertz CT molecular complexity index is 1270. The van der Waals surface area contributed by atoms with Gasteiger partial charge in [-0.25, -0.2) is 0 Å². The first-order valence-electron chi connectivity index (χ1n) is 10.2. The minimum Gasteiger partial charge on any atom is -0.486 e. The number of carbonyl (C=O) groups is 1. The average molecular weight is 498 g/mol. The molecule has 0 N–H and O–H groups in total. The highest BCUT2D eigenvalue weighted by Gasteiger charge is 2.18. The molecule has 1 heterocycles. The van der Waals surface area contributed by atoms with Gasteiger partial charge >= 0.3 is 0 Å². The van der Waals surface area contributed by atoms with Gasteiger partial charge in [0.25, 0.3) is 0 Å². The van der Waals surface area contributed by atoms with Crippen LogP contribution >= 0.6 is 35.0 Å². The lowest BCUT2D eigenvalue weighted by atomic mass is 10.1. The number of hydrogen-bond acceptors (Lipinski definition) is 5. The minimum absolute atomic E-state index is 0.113. The van der Waals surface area contributed by atoms with Crippen molar-refractivity contribution >= 4 is 40.7 Å². The fraction of sp³-hybridized carbons (Fsp3) is 0.160. The van der Waals surface area contributed by atoms with Gasteiger partial charge in [-0.1, -0.05) is 70.4 Å². The number of carbonyl (C=O) groups excluding carboxylic acids is 1. The minimum atomic E-state index is -0.113. The second-order valence-corrected chi connectivity index (χ2v) is 9.29. The van der Waals surface area contributed by atoms with Gasteiger partial charge in [-0.3, -0.25) is 9.36 Å². The number of rotatable bonds is 8. The highest BCUT2D eigenvalue weighted by molar-refractivity contribution is 7.99. The van der Waals surface area contributed by atoms with Crippen molar-refractivity contribution < 1.29 is 9.53 Å². The summed E-state index contributed by atoms with van der Waals surface area (Å²) in [5.74, 6) is 1.43. The van der Waals surface area contributed by atoms with Gasteiger partial charge in [-0.2, -0.15) is 0 Å². The van der Waals surface area contributed by atoms with Crippen LogP contribution in [0.1, 0.15) is 27.3 Å². The van der Waals surface area contributed by atoms with Crippen molar-refractivity contribution in [2.45, 2.75) is 25.6 Å². The zero-order valence-corrected chi connectivity index (χ0v) is 20.4. The Morgan fingerprint density at radius 3 is 2.27 bits per heavy atom. The Morgan fingerprint density at radius 2 is 1.61 bits per heavy atom. The zero-order valence-electron chi connectivity index (χ0n) is 18.1. The summed E-state index contributed by atoms with van der Waals surface area (Å²) >= 11 is 13.4. The van der Waals surface area contributed by atoms with Gasteiger partial charge in [0.2, 0.25) is 0 Å². The van der Waals surface area contributed by atoms with E-state index in [0.717, 1.165) is 22.6 Å². The molecular formula is C25H21Cl2N3O2S. The summed E-state index contributed by atoms with van der Waals surface area (Å²) < 4.78 is 7.85. The van der Waals surface area contributed by atoms with Crippen molar-refractivity contribution in [1.82, 2.24) is 14.8 Å². The topological polar surface area (TPSA) is 57.0 Å². The molecule has 0 aliphatic carbocycles. The van der Waals surface area contributed by atoms with Crippen LogP contribution in [0.2, 0.25) is 10.0 Å². The molecule has 1 aromatic heterocycles. The summed E-state index contributed by atoms with van der Waals surface area (Å²) in [5.41, 5.74) is 3.63. The maximum absolute atomic E-state index is 12.8. The molecule has 4 rings (SSSR count). The number of nitrogens with zero attached hydrogens (tertiary/aromatic N) is 3. The van der Waals surface area contributed by atoms with E-state index in [1.54, 1.807) is 18.2 Å². The smallest absolute Gasteiger partial charge is 0.196 e. The number of ether oxygens (including phenoxy) is 1. The Balaban J connectivity index is 1.57. The number of hydrogen-bond donors (Lipinski definition) is 0. The van der Waals surface area contributed by atoms with Crippen molar-refractivity contribution in [2.75, 3.05) is 5.75 Å². The Labute approximate surface area is 206 Å². The van der Waals surface area contributed by atoms with Crippen molar-refractivity contribution in [3.8, 4) is 11.4 Å². The van der Waals surface area contributed by atoms with Gasteiger partial charge in [0.15, 0.2) is 16.8 Å². The molecule has 0 bridgehead atoms. The van der Waals surface area contributed by atoms with E-state index in [1.807, 2.05) is 66.9 Å². The molecule has 0 saturated heterocycles. The van der Waals surface area contributed by atoms with Crippen molar-refractivity contribution in [2.24, 2.45) is 0 Å². The third kappa shape index (κ3) is 5.77. The van der Waals surface area contributed by atoms with Gasteiger partial charge in [0, 0.05) is 16.3 Å². The second kappa shape index (κ2) is 10.4. The first-order chi connectivity index (χ1) is 15.9. The second-order valence-electron chi connectivity index (χ2n) is 7.51. The van der Waals surface area contributed by atoms with Crippen LogP contribution in [0.5, 0.6) is 5.75 Å². The van der Waals surface area contributed by atoms with Crippen LogP contribution in [0.15, 0.2) is 71.9 Å². The van der Waals surface area contributed by atoms with Crippen LogP contribution < -0.4 is 4.74 Å². The van der Waals surface area contributed by atoms with Gasteiger partial charge in [-0.05, 0) is 56.3 Å². The molecule has 0 fully saturated rings. The molecule has 3 aromatic carbocycles. The fourth-order valence-electron chi connectivity index (χ4n) is 3.15. The van der Waals surface area contributed by atoms with E-state index in [9.17, 15) is 4.79 Å². The van der Waals surface area contributed by atoms with E-state index in [1.165, 1.54) is 11.8 Å². The molecule has 8 heteroatoms. The van der Waals surface area contributed by atoms with Crippen LogP contribution in [0, 0.1) is 13.8 Å². The van der Waals surface area contributed by atoms with E-state index in [-0.39, 0.29) is 18.1 Å². The van der Waals surface area contributed by atoms with Gasteiger partial charge in [-0.15, -0.1) is 10.2 Å². The van der Waals surface area contributed by atoms with E-state index < -0.39 is 0 Å². The molecule has 0 unspecified atom stereocenters. The molecule has 0 saturated carbocycles. The predicted molar refractivity (Wildman–Crippen MR) is 133 cm³/mol. The number of Topliss-reactive ketones (excluding diaryl/α,β-unsaturated/α-hetero) is 1. The van der Waals surface area contributed by atoms with Crippen LogP contribution in [-0.4, -0.2) is 26.3 Å². The standard InChI is InChI=1S/C25H21Cl2N3O2S/c1-16-3-8-19(9-4-16)30-24(14-32-20-10-5-17(2)6-11-20)28-29-25(30)33-15-23(31)21-12-7-18(26)13-22(21)27/h3-13H,14-15H2,1-2H3. The molecule has 33 heavy (non-hydrogen) atoms. The first-order valence-corrected chi connectivity index (χ1v) is 12.0. The molecule has 168 valence electrons. The highest BCUT2D eigenvalue weighted by atomic mass is 35.5. The summed E-state index contributed by atoms with van der Waals surface area (Å²) in [6.07, 6.45) is 0. The Kier molecular flexibility index (Phi) is 7.38. The largest absolute Gasteiger partial charge is 0.486 e. The molecule has 0 spiro atoms. The molecule has 0 atom stereocenters. The maximum Gasteiger partial charge on any atom is 0.196 e. The van der Waals surface area contributed by atoms with Gasteiger partial charge in [0.05, 0.1) is 10.8 Å². The third-order valence-electron chi connectivity index (χ3n) is 4.95. The quantitative estimate of drug-likeness (QED) is 0.199. The molecule has 4 aromatic rings. The monoisotopic (exact) mass is 497 g/mol. The lowest BCUT2D eigenvalue weighted by Gasteiger charge is -2.12. The number of ketones is 1. The van der Waals surface area contributed by atoms with Crippen LogP contribution in [-0.2, 0) is 6.61 Å². The van der Waals surface area contributed by atoms with E-state index in [4.69, 9.17) is 27.9 Å². The zero-order chi connectivity index (χ0) is 23.4. The van der Waals surface area contributed by atoms with Crippen molar-refractivity contribution in [3.05, 3.63) is 99.3 Å². The molecule has 5 nitrogen and oxygen atoms in total. The van der Waals surface area contributed by atoms with Gasteiger partial charge in [0.1, 0.15) is 12.4 Å². The summed E-state index contributed by atoms with van der Waals surface area (Å²) in [6.45, 7) is 4.29. The van der Waals surface area contributed by atoms with E-state index in [2.05, 4.69) is 10.2 Å². The summed E-state index contributed by atoms with van der Waals surface area (Å²) in [4.78, 5) is 12.8. The number of aromatic nitrogens is 3. The molecular weight excluding hydrogens is 477 g/mol. The highest BCUT2D eigenvalue weighted by Crippen LogP contribution is 2.27. The van der Waals surface area contributed by atoms with Crippen LogP contribution in [0.3, 0.4) is 0 Å². The first kappa shape index (κ1) is 23.4. The molecule has 0 aliphatic heterocycles. The molecule has 0 aliphatic rings. The Morgan fingerprint density at radius 1 is 0.939 bits per heavy atom. The third-order valence-corrected chi connectivity index (χ3v) is 6.42. The summed E-state index contributed by atoms with van der Waals surface area (Å²) in [7, 11) is 0. The Hall–Kier alpha value is -2.80. The van der Waals surface area contributed by atoms with E-state index in [0.29, 0.717) is 26.6 Å². The summed E-state index contributed by atoms with van der Waals surface area (Å²) in [6, 6.07) is 20.7. The fourth-order valence-corrected chi connectivity index (χ4v) is 4.51. The molecule has 0 amide bonds. The predicted octanol–water partition coefficient (Wildman–Crippen LogP) is 6.74. The summed E-state index contributed by atoms with van der Waals surface area (Å²) in [5, 5.41) is 10.1. The average Bonchev–Trinajstić information content (AvgIpc) is 3.20. The van der Waals surface area contributed by atoms with Crippen LogP contribution in [0.4, 0.5) is 0 Å². The van der Waals surface area contributed by atoms with Crippen molar-refractivity contribution in [3.63, 3.8) is 0 Å². The molecule has 0 radical (unpaired) electrons. The normalized spacial score (nSPS) is 10.9. The SMILES string of the molecule is Cc1ccc(OCc2nnc(SCC(=O)c3ccc(Cl)cc3Cl)n2-c2ccc(C)cc2)cc1. The van der Waals surface area contributed by atoms with E-state index >= 15 is 0 Å². The van der Waals surface area contributed by atoms with Crippen LogP contribution in [0.25, 0.3) is 5.69 Å². The lowest BCUT2D eigenvalue weighted by Crippen LogP contribution is -2.08. The van der Waals surface area contributed by atoms with Gasteiger partial charge < -0.3 is 4.74 Å². The number of aryl methyl sites for hydroxylation is 2. The number of thioether (sulfide) groups is 1. The van der Waals surface area contributed by atoms with Crippen molar-refractivity contribution in [1.29, 1.82) is 0 Å².